The van der Waals surface area contributed by atoms with Crippen molar-refractivity contribution < 1.29 is 131 Å². The van der Waals surface area contributed by atoms with Crippen LogP contribution in [0.15, 0.2) is 0 Å². The van der Waals surface area contributed by atoms with E-state index < -0.39 is 71.1 Å². The molecule has 0 heterocycles. The van der Waals surface area contributed by atoms with E-state index in [1.807, 2.05) is 0 Å². The smallest absolute Gasteiger partial charge is 0.581 e. The van der Waals surface area contributed by atoms with Gasteiger partial charge in [-0.05, 0) is 0 Å². The molecule has 0 unspecified atom stereocenters. The first-order chi connectivity index (χ1) is 15.8. The third kappa shape index (κ3) is 4.55. The van der Waals surface area contributed by atoms with Crippen molar-refractivity contribution in [2.24, 2.45) is 0 Å². The molecule has 39 heavy (non-hydrogen) atoms. The summed E-state index contributed by atoms with van der Waals surface area (Å²) in [5.41, 5.74) is 0. The van der Waals surface area contributed by atoms with Crippen molar-refractivity contribution in [1.82, 2.24) is 0 Å². The summed E-state index contributed by atoms with van der Waals surface area (Å²) in [6.07, 6.45) is -35.6. The van der Waals surface area contributed by atoms with E-state index in [0.717, 1.165) is 0 Å². The van der Waals surface area contributed by atoms with Crippen molar-refractivity contribution in [2.45, 2.75) is 66.7 Å². The highest BCUT2D eigenvalue weighted by Gasteiger charge is 3.04. The average Bonchev–Trinajstić information content (AvgIpc) is 2.55. The second kappa shape index (κ2) is 9.22. The molecular weight excluding hydrogens is 676 g/mol. The zero-order valence-corrected chi connectivity index (χ0v) is 16.9. The van der Waals surface area contributed by atoms with Crippen molar-refractivity contribution in [2.75, 3.05) is 0 Å². The summed E-state index contributed by atoms with van der Waals surface area (Å²) in [4.78, 5) is 0. The van der Waals surface area contributed by atoms with Gasteiger partial charge in [0.25, 0.3) is 0 Å². The highest BCUT2D eigenvalue weighted by atomic mass is 35.5. The molecule has 0 atom stereocenters. The van der Waals surface area contributed by atoms with Crippen LogP contribution in [-0.2, 0) is 0 Å². The SMILES string of the molecule is FC(F)(F)C(F)(F)C(F)(F)C(F)(F)C(F)(F)C(F)(F)C(F)(F)C(F)(F)[N+](C(F)(F)F)(C(F)(F)F)C(F)(F)F.[Cl-]. The molecule has 28 heteroatoms. The summed E-state index contributed by atoms with van der Waals surface area (Å²) < 4.78 is 326. The molecule has 0 bridgehead atoms. The Morgan fingerprint density at radius 3 is 0.615 bits per heavy atom. The first-order valence-corrected chi connectivity index (χ1v) is 7.56. The molecule has 0 spiro atoms. The maximum atomic E-state index is 13.6. The molecular formula is C11ClF26N. The highest BCUT2D eigenvalue weighted by molar-refractivity contribution is 5.14. The Hall–Kier alpha value is -1.57. The van der Waals surface area contributed by atoms with Crippen molar-refractivity contribution in [1.29, 1.82) is 0 Å². The van der Waals surface area contributed by atoms with Crippen LogP contribution in [0.4, 0.5) is 114 Å². The molecule has 0 amide bonds. The minimum absolute atomic E-state index is 0. The lowest BCUT2D eigenvalue weighted by Gasteiger charge is -2.47. The van der Waals surface area contributed by atoms with Crippen molar-refractivity contribution >= 4 is 0 Å². The molecule has 0 saturated heterocycles. The zero-order valence-electron chi connectivity index (χ0n) is 16.2. The number of quaternary nitrogens is 1. The normalized spacial score (nSPS) is 16.8. The first-order valence-electron chi connectivity index (χ1n) is 7.56. The Labute approximate surface area is 199 Å². The summed E-state index contributed by atoms with van der Waals surface area (Å²) >= 11 is 0. The predicted octanol–water partition coefficient (Wildman–Crippen LogP) is 5.33. The summed E-state index contributed by atoms with van der Waals surface area (Å²) in [6.45, 7) is 0. The molecule has 0 aliphatic rings. The molecule has 0 aromatic heterocycles. The van der Waals surface area contributed by atoms with Gasteiger partial charge in [0, 0.05) is 4.48 Å². The van der Waals surface area contributed by atoms with Gasteiger partial charge in [-0.25, -0.2) is 0 Å². The van der Waals surface area contributed by atoms with E-state index in [2.05, 4.69) is 0 Å². The van der Waals surface area contributed by atoms with Gasteiger partial charge in [-0.15, -0.1) is 48.3 Å². The Morgan fingerprint density at radius 1 is 0.256 bits per heavy atom. The summed E-state index contributed by atoms with van der Waals surface area (Å²) in [6, 6.07) is -9.98. The average molecular weight is 676 g/mol. The second-order valence-corrected chi connectivity index (χ2v) is 6.56. The molecule has 0 radical (unpaired) electrons. The van der Waals surface area contributed by atoms with E-state index in [1.54, 1.807) is 0 Å². The van der Waals surface area contributed by atoms with Gasteiger partial charge in [0.05, 0.1) is 0 Å². The fraction of sp³-hybridized carbons (Fsp3) is 1.00. The topological polar surface area (TPSA) is 0 Å². The number of hydrogen-bond donors (Lipinski definition) is 0. The van der Waals surface area contributed by atoms with Gasteiger partial charge >= 0.3 is 66.7 Å². The largest absolute Gasteiger partial charge is 1.00 e. The molecule has 0 fully saturated rings. The maximum absolute atomic E-state index is 13.6. The van der Waals surface area contributed by atoms with Crippen LogP contribution in [0.1, 0.15) is 0 Å². The standard InChI is InChI=1S/C11F26N.ClH/c12-1(13,3(16,17)5(20,21)7(24,25)26)2(14,15)4(18,19)6(22,23)8(27,28)38(9(29,30)31,10(32,33)34)11(35,36)37;/h;1H/q+1;/p-1. The maximum Gasteiger partial charge on any atom is 0.581 e. The summed E-state index contributed by atoms with van der Waals surface area (Å²) in [5.74, 6) is -56.9. The van der Waals surface area contributed by atoms with Gasteiger partial charge in [-0.3, -0.25) is 0 Å². The Bertz CT molecular complexity index is 830. The second-order valence-electron chi connectivity index (χ2n) is 6.56. The molecule has 0 aliphatic heterocycles. The Morgan fingerprint density at radius 2 is 0.436 bits per heavy atom. The van der Waals surface area contributed by atoms with Gasteiger partial charge in [-0.2, -0.15) is 65.9 Å². The summed E-state index contributed by atoms with van der Waals surface area (Å²) in [5, 5.41) is 0. The molecule has 0 saturated carbocycles. The fourth-order valence-electron chi connectivity index (χ4n) is 2.28. The van der Waals surface area contributed by atoms with Crippen LogP contribution in [0.2, 0.25) is 0 Å². The molecule has 1 nitrogen and oxygen atoms in total. The van der Waals surface area contributed by atoms with Crippen LogP contribution in [0.25, 0.3) is 0 Å². The Kier molecular flexibility index (Phi) is 9.35. The van der Waals surface area contributed by atoms with Crippen molar-refractivity contribution in [3.8, 4) is 0 Å². The van der Waals surface area contributed by atoms with E-state index in [1.165, 1.54) is 0 Å². The minimum atomic E-state index is -9.98. The quantitative estimate of drug-likeness (QED) is 0.195. The summed E-state index contributed by atoms with van der Waals surface area (Å²) in [7, 11) is 0. The number of alkyl halides is 26. The molecule has 0 rings (SSSR count). The Balaban J connectivity index is 0. The van der Waals surface area contributed by atoms with Crippen LogP contribution in [0, 0.1) is 0 Å². The molecule has 0 aromatic rings. The third-order valence-electron chi connectivity index (χ3n) is 4.27. The fourth-order valence-corrected chi connectivity index (χ4v) is 2.28. The van der Waals surface area contributed by atoms with Crippen LogP contribution in [-0.4, -0.2) is 71.1 Å². The molecule has 0 N–H and O–H groups in total. The van der Waals surface area contributed by atoms with Crippen LogP contribution < -0.4 is 12.4 Å². The number of rotatable bonds is 7. The van der Waals surface area contributed by atoms with Crippen LogP contribution >= 0.6 is 0 Å². The van der Waals surface area contributed by atoms with E-state index >= 15 is 0 Å². The minimum Gasteiger partial charge on any atom is -1.00 e. The van der Waals surface area contributed by atoms with E-state index in [9.17, 15) is 114 Å². The monoisotopic (exact) mass is 675 g/mol. The van der Waals surface area contributed by atoms with Crippen molar-refractivity contribution in [3.05, 3.63) is 0 Å². The van der Waals surface area contributed by atoms with Gasteiger partial charge in [-0.1, -0.05) is 0 Å². The lowest BCUT2D eigenvalue weighted by Crippen LogP contribution is -3.00. The highest BCUT2D eigenvalue weighted by Crippen LogP contribution is 2.68. The zero-order chi connectivity index (χ0) is 32.0. The lowest BCUT2D eigenvalue weighted by molar-refractivity contribution is -1.22. The third-order valence-corrected chi connectivity index (χ3v) is 4.27. The number of halogens is 27. The van der Waals surface area contributed by atoms with E-state index in [-0.39, 0.29) is 12.4 Å². The van der Waals surface area contributed by atoms with Gasteiger partial charge in [0.15, 0.2) is 0 Å². The van der Waals surface area contributed by atoms with Gasteiger partial charge in [0.1, 0.15) is 0 Å². The predicted molar refractivity (Wildman–Crippen MR) is 59.1 cm³/mol. The van der Waals surface area contributed by atoms with E-state index in [0.29, 0.717) is 0 Å². The molecule has 0 aliphatic carbocycles. The van der Waals surface area contributed by atoms with Gasteiger partial charge in [0.2, 0.25) is 0 Å². The molecule has 238 valence electrons. The lowest BCUT2D eigenvalue weighted by atomic mass is 9.90. The number of nitrogens with zero attached hydrogens (tertiary/aromatic N) is 1. The first kappa shape index (κ1) is 39.6. The molecule has 0 aromatic carbocycles. The van der Waals surface area contributed by atoms with E-state index in [4.69, 9.17) is 0 Å². The van der Waals surface area contributed by atoms with Crippen molar-refractivity contribution in [3.63, 3.8) is 0 Å². The van der Waals surface area contributed by atoms with Gasteiger partial charge < -0.3 is 12.4 Å². The number of hydrogen-bond acceptors (Lipinski definition) is 0. The van der Waals surface area contributed by atoms with Crippen LogP contribution in [0.5, 0.6) is 0 Å². The van der Waals surface area contributed by atoms with Crippen LogP contribution in [0.3, 0.4) is 0 Å².